The van der Waals surface area contributed by atoms with Crippen LogP contribution in [0.5, 0.6) is 0 Å². The summed E-state index contributed by atoms with van der Waals surface area (Å²) in [5.74, 6) is 0. The molecule has 0 saturated heterocycles. The third-order valence-corrected chi connectivity index (χ3v) is 4.81. The lowest BCUT2D eigenvalue weighted by Gasteiger charge is -2.14. The first kappa shape index (κ1) is 13.6. The Morgan fingerprint density at radius 2 is 1.73 bits per heavy atom. The molecule has 22 heavy (non-hydrogen) atoms. The maximum Gasteiger partial charge on any atom is -0.00204 e. The molecule has 0 atom stereocenters. The van der Waals surface area contributed by atoms with Crippen molar-refractivity contribution in [1.29, 1.82) is 0 Å². The Morgan fingerprint density at radius 1 is 0.864 bits per heavy atom. The van der Waals surface area contributed by atoms with Crippen molar-refractivity contribution < 1.29 is 0 Å². The minimum atomic E-state index is 1.18. The molecule has 1 radical (unpaired) electrons. The molecule has 0 heterocycles. The minimum absolute atomic E-state index is 1.18. The second-order valence-electron chi connectivity index (χ2n) is 6.31. The van der Waals surface area contributed by atoms with E-state index in [4.69, 9.17) is 0 Å². The van der Waals surface area contributed by atoms with E-state index in [1.54, 1.807) is 0 Å². The van der Waals surface area contributed by atoms with E-state index in [9.17, 15) is 0 Å². The average Bonchev–Trinajstić information content (AvgIpc) is 2.57. The summed E-state index contributed by atoms with van der Waals surface area (Å²) in [6.07, 6.45) is 6.44. The topological polar surface area (TPSA) is 0 Å². The van der Waals surface area contributed by atoms with E-state index in [1.807, 2.05) is 0 Å². The van der Waals surface area contributed by atoms with E-state index < -0.39 is 0 Å². The predicted octanol–water partition coefficient (Wildman–Crippen LogP) is 6.51. The van der Waals surface area contributed by atoms with Gasteiger partial charge in [-0.3, -0.25) is 0 Å². The number of aryl methyl sites for hydroxylation is 1. The molecule has 0 N–H and O–H groups in total. The molecule has 0 amide bonds. The van der Waals surface area contributed by atoms with E-state index >= 15 is 0 Å². The summed E-state index contributed by atoms with van der Waals surface area (Å²) in [4.78, 5) is 0. The predicted molar refractivity (Wildman–Crippen MR) is 96.8 cm³/mol. The van der Waals surface area contributed by atoms with Crippen LogP contribution in [0, 0.1) is 6.07 Å². The van der Waals surface area contributed by atoms with Gasteiger partial charge in [0.05, 0.1) is 0 Å². The smallest absolute Gasteiger partial charge is 0.00204 e. The Kier molecular flexibility index (Phi) is 3.46. The molecule has 0 aliphatic heterocycles. The van der Waals surface area contributed by atoms with Gasteiger partial charge in [0.25, 0.3) is 0 Å². The van der Waals surface area contributed by atoms with Gasteiger partial charge >= 0.3 is 0 Å². The van der Waals surface area contributed by atoms with Gasteiger partial charge in [0.15, 0.2) is 0 Å². The van der Waals surface area contributed by atoms with Crippen molar-refractivity contribution in [1.82, 2.24) is 0 Å². The first-order valence-corrected chi connectivity index (χ1v) is 8.45. The van der Waals surface area contributed by atoms with Crippen molar-refractivity contribution in [2.45, 2.75) is 39.0 Å². The van der Waals surface area contributed by atoms with Gasteiger partial charge in [-0.2, -0.15) is 0 Å². The third kappa shape index (κ3) is 2.14. The fraction of sp³-hybridized carbons (Fsp3) is 0.273. The van der Waals surface area contributed by atoms with Crippen molar-refractivity contribution in [3.8, 4) is 0 Å². The molecule has 4 aromatic carbocycles. The summed E-state index contributed by atoms with van der Waals surface area (Å²) in [6.45, 7) is 2.27. The van der Waals surface area contributed by atoms with Gasteiger partial charge in [0.1, 0.15) is 0 Å². The molecule has 0 spiro atoms. The first-order valence-electron chi connectivity index (χ1n) is 8.45. The minimum Gasteiger partial charge on any atom is -0.0654 e. The zero-order chi connectivity index (χ0) is 14.9. The van der Waals surface area contributed by atoms with E-state index in [1.165, 1.54) is 70.0 Å². The maximum atomic E-state index is 3.45. The number of unbranched alkanes of at least 4 members (excludes halogenated alkanes) is 3. The van der Waals surface area contributed by atoms with Crippen LogP contribution in [0.4, 0.5) is 0 Å². The van der Waals surface area contributed by atoms with E-state index in [0.717, 1.165) is 0 Å². The van der Waals surface area contributed by atoms with Crippen LogP contribution in [-0.4, -0.2) is 0 Å². The fourth-order valence-corrected chi connectivity index (χ4v) is 3.70. The first-order chi connectivity index (χ1) is 10.9. The molecule has 109 valence electrons. The van der Waals surface area contributed by atoms with Crippen LogP contribution in [0.1, 0.15) is 38.2 Å². The molecule has 0 aromatic heterocycles. The molecular weight excluding hydrogens is 264 g/mol. The Hall–Kier alpha value is -2.08. The van der Waals surface area contributed by atoms with Crippen LogP contribution in [0.25, 0.3) is 32.3 Å². The highest BCUT2D eigenvalue weighted by Gasteiger charge is 2.11. The average molecular weight is 285 g/mol. The van der Waals surface area contributed by atoms with Crippen molar-refractivity contribution in [3.63, 3.8) is 0 Å². The number of hydrogen-bond donors (Lipinski definition) is 0. The van der Waals surface area contributed by atoms with Gasteiger partial charge in [-0.15, -0.1) is 0 Å². The summed E-state index contributed by atoms with van der Waals surface area (Å²) < 4.78 is 0. The zero-order valence-corrected chi connectivity index (χ0v) is 13.2. The number of rotatable bonds is 5. The van der Waals surface area contributed by atoms with E-state index in [2.05, 4.69) is 61.5 Å². The summed E-state index contributed by atoms with van der Waals surface area (Å²) in [7, 11) is 0. The molecule has 0 fully saturated rings. The van der Waals surface area contributed by atoms with Gasteiger partial charge in [0.2, 0.25) is 0 Å². The fourth-order valence-electron chi connectivity index (χ4n) is 3.70. The Bertz CT molecular complexity index is 917. The van der Waals surface area contributed by atoms with Crippen molar-refractivity contribution in [2.24, 2.45) is 0 Å². The molecular formula is C22H21. The monoisotopic (exact) mass is 285 g/mol. The normalized spacial score (nSPS) is 11.9. The highest BCUT2D eigenvalue weighted by atomic mass is 14.1. The molecule has 0 aliphatic carbocycles. The van der Waals surface area contributed by atoms with Crippen molar-refractivity contribution in [2.75, 3.05) is 0 Å². The molecule has 4 aromatic rings. The van der Waals surface area contributed by atoms with Crippen LogP contribution in [0.15, 0.2) is 48.5 Å². The van der Waals surface area contributed by atoms with Crippen LogP contribution in [-0.2, 0) is 6.42 Å². The van der Waals surface area contributed by atoms with Gasteiger partial charge in [0, 0.05) is 0 Å². The summed E-state index contributed by atoms with van der Waals surface area (Å²) in [5, 5.41) is 8.20. The SMILES string of the molecule is CCCCCCc1cc2[c]ccc3ccc4cccc1c4c23. The number of benzene rings is 4. The highest BCUT2D eigenvalue weighted by molar-refractivity contribution is 6.23. The highest BCUT2D eigenvalue weighted by Crippen LogP contribution is 2.36. The third-order valence-electron chi connectivity index (χ3n) is 4.81. The van der Waals surface area contributed by atoms with Crippen LogP contribution >= 0.6 is 0 Å². The Balaban J connectivity index is 1.92. The summed E-state index contributed by atoms with van der Waals surface area (Å²) >= 11 is 0. The molecule has 0 saturated carbocycles. The van der Waals surface area contributed by atoms with Crippen molar-refractivity contribution in [3.05, 3.63) is 60.2 Å². The van der Waals surface area contributed by atoms with Crippen molar-refractivity contribution >= 4 is 32.3 Å². The summed E-state index contributed by atoms with van der Waals surface area (Å²) in [5.41, 5.74) is 1.49. The molecule has 0 heteroatoms. The number of hydrogen-bond acceptors (Lipinski definition) is 0. The lowest BCUT2D eigenvalue weighted by atomic mass is 9.90. The van der Waals surface area contributed by atoms with E-state index in [-0.39, 0.29) is 0 Å². The molecule has 4 rings (SSSR count). The second kappa shape index (κ2) is 5.61. The Labute approximate surface area is 132 Å². The maximum absolute atomic E-state index is 3.45. The Morgan fingerprint density at radius 3 is 2.59 bits per heavy atom. The zero-order valence-electron chi connectivity index (χ0n) is 13.2. The lowest BCUT2D eigenvalue weighted by Crippen LogP contribution is -1.92. The molecule has 0 bridgehead atoms. The van der Waals surface area contributed by atoms with Gasteiger partial charge < -0.3 is 0 Å². The van der Waals surface area contributed by atoms with Crippen LogP contribution in [0.2, 0.25) is 0 Å². The summed E-state index contributed by atoms with van der Waals surface area (Å²) in [6, 6.07) is 21.3. The lowest BCUT2D eigenvalue weighted by molar-refractivity contribution is 0.668. The van der Waals surface area contributed by atoms with Gasteiger partial charge in [-0.25, -0.2) is 0 Å². The molecule has 0 aliphatic rings. The van der Waals surface area contributed by atoms with Crippen LogP contribution in [0.3, 0.4) is 0 Å². The largest absolute Gasteiger partial charge is 0.0654 e. The van der Waals surface area contributed by atoms with E-state index in [0.29, 0.717) is 0 Å². The van der Waals surface area contributed by atoms with Gasteiger partial charge in [-0.05, 0) is 62.9 Å². The van der Waals surface area contributed by atoms with Gasteiger partial charge in [-0.1, -0.05) is 68.7 Å². The second-order valence-corrected chi connectivity index (χ2v) is 6.31. The molecule has 0 nitrogen and oxygen atoms in total. The van der Waals surface area contributed by atoms with Crippen LogP contribution < -0.4 is 0 Å². The standard InChI is InChI=1S/C22H21/c1-2-3-4-5-8-18-15-19-11-6-9-16-13-14-17-10-7-12-20(18)22(17)21(16)19/h6-7,9-10,12-15H,2-5,8H2,1H3. The molecule has 0 unspecified atom stereocenters. The quantitative estimate of drug-likeness (QED) is 0.290.